The van der Waals surface area contributed by atoms with Gasteiger partial charge in [0.25, 0.3) is 5.91 Å². The van der Waals surface area contributed by atoms with Crippen LogP contribution in [0, 0.1) is 5.92 Å². The normalized spacial score (nSPS) is 21.9. The average Bonchev–Trinajstić information content (AvgIpc) is 3.01. The Morgan fingerprint density at radius 1 is 1.42 bits per heavy atom. The molecule has 0 radical (unpaired) electrons. The van der Waals surface area contributed by atoms with E-state index in [1.807, 2.05) is 40.5 Å². The van der Waals surface area contributed by atoms with Crippen molar-refractivity contribution in [2.45, 2.75) is 18.9 Å². The van der Waals surface area contributed by atoms with Gasteiger partial charge in [0.1, 0.15) is 4.88 Å². The van der Waals surface area contributed by atoms with E-state index in [1.165, 1.54) is 11.3 Å². The Morgan fingerprint density at radius 3 is 2.84 bits per heavy atom. The van der Waals surface area contributed by atoms with Crippen molar-refractivity contribution in [3.8, 4) is 5.69 Å². The zero-order chi connectivity index (χ0) is 13.2. The minimum Gasteiger partial charge on any atom is -0.393 e. The van der Waals surface area contributed by atoms with E-state index in [0.717, 1.165) is 23.4 Å². The standard InChI is InChI=1S/C14H16N2O2S/c17-11-7-10(8-11)9-15-14(18)13-12(3-6-19-13)16-4-1-2-5-16/h1-6,10-11,17H,7-9H2,(H,15,18). The number of aliphatic hydroxyl groups excluding tert-OH is 1. The summed E-state index contributed by atoms with van der Waals surface area (Å²) in [6.45, 7) is 0.652. The molecule has 2 heterocycles. The van der Waals surface area contributed by atoms with Gasteiger partial charge in [0.05, 0.1) is 11.8 Å². The van der Waals surface area contributed by atoms with Crippen molar-refractivity contribution in [1.82, 2.24) is 9.88 Å². The number of carbonyl (C=O) groups is 1. The number of nitrogens with zero attached hydrogens (tertiary/aromatic N) is 1. The second kappa shape index (κ2) is 5.19. The van der Waals surface area contributed by atoms with Crippen LogP contribution in [0.25, 0.3) is 5.69 Å². The predicted molar refractivity (Wildman–Crippen MR) is 74.7 cm³/mol. The number of amides is 1. The van der Waals surface area contributed by atoms with Gasteiger partial charge in [0, 0.05) is 18.9 Å². The molecule has 2 N–H and O–H groups in total. The zero-order valence-corrected chi connectivity index (χ0v) is 11.3. The molecule has 0 bridgehead atoms. The van der Waals surface area contributed by atoms with Crippen LogP contribution in [-0.4, -0.2) is 28.2 Å². The fraction of sp³-hybridized carbons (Fsp3) is 0.357. The lowest BCUT2D eigenvalue weighted by molar-refractivity contribution is 0.0420. The first-order valence-corrected chi connectivity index (χ1v) is 7.29. The molecular weight excluding hydrogens is 260 g/mol. The van der Waals surface area contributed by atoms with Crippen LogP contribution in [0.4, 0.5) is 0 Å². The van der Waals surface area contributed by atoms with Crippen molar-refractivity contribution < 1.29 is 9.90 Å². The maximum atomic E-state index is 12.2. The van der Waals surface area contributed by atoms with Gasteiger partial charge in [-0.25, -0.2) is 0 Å². The zero-order valence-electron chi connectivity index (χ0n) is 10.5. The number of rotatable bonds is 4. The molecule has 0 aromatic carbocycles. The summed E-state index contributed by atoms with van der Waals surface area (Å²) in [5.41, 5.74) is 0.918. The molecule has 3 rings (SSSR count). The third-order valence-corrected chi connectivity index (χ3v) is 4.40. The molecule has 19 heavy (non-hydrogen) atoms. The van der Waals surface area contributed by atoms with Crippen LogP contribution >= 0.6 is 11.3 Å². The maximum Gasteiger partial charge on any atom is 0.263 e. The quantitative estimate of drug-likeness (QED) is 0.898. The lowest BCUT2D eigenvalue weighted by Crippen LogP contribution is -2.38. The smallest absolute Gasteiger partial charge is 0.263 e. The van der Waals surface area contributed by atoms with Crippen molar-refractivity contribution in [2.24, 2.45) is 5.92 Å². The monoisotopic (exact) mass is 276 g/mol. The molecule has 1 aliphatic carbocycles. The summed E-state index contributed by atoms with van der Waals surface area (Å²) >= 11 is 1.45. The van der Waals surface area contributed by atoms with E-state index in [1.54, 1.807) is 0 Å². The molecule has 1 amide bonds. The van der Waals surface area contributed by atoms with Crippen LogP contribution in [0.2, 0.25) is 0 Å². The maximum absolute atomic E-state index is 12.2. The molecule has 0 aliphatic heterocycles. The Bertz CT molecular complexity index is 556. The predicted octanol–water partition coefficient (Wildman–Crippen LogP) is 2.04. The molecule has 2 aromatic heterocycles. The molecule has 0 saturated heterocycles. The molecule has 0 unspecified atom stereocenters. The number of carbonyl (C=O) groups excluding carboxylic acids is 1. The van der Waals surface area contributed by atoms with Crippen molar-refractivity contribution in [3.05, 3.63) is 40.8 Å². The van der Waals surface area contributed by atoms with Gasteiger partial charge in [-0.15, -0.1) is 11.3 Å². The Labute approximate surface area is 115 Å². The summed E-state index contributed by atoms with van der Waals surface area (Å²) in [4.78, 5) is 12.9. The van der Waals surface area contributed by atoms with Crippen LogP contribution < -0.4 is 5.32 Å². The summed E-state index contributed by atoms with van der Waals surface area (Å²) < 4.78 is 1.94. The minimum absolute atomic E-state index is 0.0277. The van der Waals surface area contributed by atoms with E-state index in [4.69, 9.17) is 0 Å². The molecule has 2 aromatic rings. The van der Waals surface area contributed by atoms with E-state index < -0.39 is 0 Å². The third kappa shape index (κ3) is 2.57. The highest BCUT2D eigenvalue weighted by molar-refractivity contribution is 7.12. The van der Waals surface area contributed by atoms with E-state index >= 15 is 0 Å². The first-order valence-electron chi connectivity index (χ1n) is 6.41. The van der Waals surface area contributed by atoms with Gasteiger partial charge in [-0.1, -0.05) is 0 Å². The lowest BCUT2D eigenvalue weighted by Gasteiger charge is -2.31. The van der Waals surface area contributed by atoms with Crippen molar-refractivity contribution in [2.75, 3.05) is 6.54 Å². The molecular formula is C14H16N2O2S. The Kier molecular flexibility index (Phi) is 3.40. The number of aromatic nitrogens is 1. The van der Waals surface area contributed by atoms with Gasteiger partial charge in [0.15, 0.2) is 0 Å². The minimum atomic E-state index is -0.168. The molecule has 100 valence electrons. The van der Waals surface area contributed by atoms with E-state index in [2.05, 4.69) is 5.32 Å². The Balaban J connectivity index is 1.65. The molecule has 5 heteroatoms. The van der Waals surface area contributed by atoms with Gasteiger partial charge >= 0.3 is 0 Å². The average molecular weight is 276 g/mol. The Hall–Kier alpha value is -1.59. The lowest BCUT2D eigenvalue weighted by atomic mass is 9.82. The van der Waals surface area contributed by atoms with Crippen LogP contribution in [-0.2, 0) is 0 Å². The van der Waals surface area contributed by atoms with Crippen LogP contribution in [0.5, 0.6) is 0 Å². The fourth-order valence-electron chi connectivity index (χ4n) is 2.36. The molecule has 1 saturated carbocycles. The number of nitrogens with one attached hydrogen (secondary N) is 1. The highest BCUT2D eigenvalue weighted by atomic mass is 32.1. The van der Waals surface area contributed by atoms with Crippen LogP contribution in [0.1, 0.15) is 22.5 Å². The van der Waals surface area contributed by atoms with Gasteiger partial charge < -0.3 is 15.0 Å². The summed E-state index contributed by atoms with van der Waals surface area (Å²) in [6.07, 6.45) is 5.30. The van der Waals surface area contributed by atoms with Gasteiger partial charge in [-0.2, -0.15) is 0 Å². The first kappa shape index (κ1) is 12.4. The summed E-state index contributed by atoms with van der Waals surface area (Å²) in [5, 5.41) is 14.1. The fourth-order valence-corrected chi connectivity index (χ4v) is 3.16. The van der Waals surface area contributed by atoms with E-state index in [0.29, 0.717) is 12.5 Å². The van der Waals surface area contributed by atoms with Gasteiger partial charge in [-0.3, -0.25) is 4.79 Å². The molecule has 1 aliphatic rings. The number of hydrogen-bond acceptors (Lipinski definition) is 3. The van der Waals surface area contributed by atoms with Crippen molar-refractivity contribution in [1.29, 1.82) is 0 Å². The second-order valence-corrected chi connectivity index (χ2v) is 5.84. The Morgan fingerprint density at radius 2 is 2.16 bits per heavy atom. The van der Waals surface area contributed by atoms with Crippen molar-refractivity contribution in [3.63, 3.8) is 0 Å². The molecule has 0 spiro atoms. The largest absolute Gasteiger partial charge is 0.393 e. The summed E-state index contributed by atoms with van der Waals surface area (Å²) in [5.74, 6) is 0.397. The highest BCUT2D eigenvalue weighted by Crippen LogP contribution is 2.27. The van der Waals surface area contributed by atoms with Crippen molar-refractivity contribution >= 4 is 17.2 Å². The second-order valence-electron chi connectivity index (χ2n) is 4.93. The van der Waals surface area contributed by atoms with Gasteiger partial charge in [0.2, 0.25) is 0 Å². The summed E-state index contributed by atoms with van der Waals surface area (Å²) in [6, 6.07) is 5.83. The molecule has 1 fully saturated rings. The topological polar surface area (TPSA) is 54.3 Å². The van der Waals surface area contributed by atoms with Gasteiger partial charge in [-0.05, 0) is 42.3 Å². The summed E-state index contributed by atoms with van der Waals surface area (Å²) in [7, 11) is 0. The number of hydrogen-bond donors (Lipinski definition) is 2. The first-order chi connectivity index (χ1) is 9.24. The third-order valence-electron chi connectivity index (χ3n) is 3.50. The van der Waals surface area contributed by atoms with E-state index in [-0.39, 0.29) is 12.0 Å². The van der Waals surface area contributed by atoms with E-state index in [9.17, 15) is 9.90 Å². The van der Waals surface area contributed by atoms with Crippen LogP contribution in [0.15, 0.2) is 36.0 Å². The molecule has 4 nitrogen and oxygen atoms in total. The number of thiophene rings is 1. The van der Waals surface area contributed by atoms with Crippen LogP contribution in [0.3, 0.4) is 0 Å². The SMILES string of the molecule is O=C(NCC1CC(O)C1)c1sccc1-n1cccc1. The molecule has 0 atom stereocenters. The number of aliphatic hydroxyl groups is 1. The highest BCUT2D eigenvalue weighted by Gasteiger charge is 2.27.